The molecule has 4 rings (SSSR count). The predicted molar refractivity (Wildman–Crippen MR) is 117 cm³/mol. The zero-order valence-corrected chi connectivity index (χ0v) is 17.3. The maximum Gasteiger partial charge on any atom is 0.256 e. The van der Waals surface area contributed by atoms with Crippen molar-refractivity contribution in [1.29, 1.82) is 0 Å². The Morgan fingerprint density at radius 1 is 1.07 bits per heavy atom. The minimum Gasteiger partial charge on any atom is -0.322 e. The van der Waals surface area contributed by atoms with Crippen molar-refractivity contribution in [3.63, 3.8) is 0 Å². The molecule has 0 aliphatic carbocycles. The van der Waals surface area contributed by atoms with Crippen LogP contribution in [0.3, 0.4) is 0 Å². The monoisotopic (exact) mass is 436 g/mol. The van der Waals surface area contributed by atoms with E-state index in [1.54, 1.807) is 11.3 Å². The Bertz CT molecular complexity index is 1140. The van der Waals surface area contributed by atoms with Crippen LogP contribution in [-0.4, -0.2) is 10.9 Å². The lowest BCUT2D eigenvalue weighted by Crippen LogP contribution is -2.13. The Labute approximate surface area is 170 Å². The summed E-state index contributed by atoms with van der Waals surface area (Å²) in [4.78, 5) is 19.0. The van der Waals surface area contributed by atoms with Gasteiger partial charge in [-0.2, -0.15) is 0 Å². The molecule has 0 spiro atoms. The van der Waals surface area contributed by atoms with E-state index in [-0.39, 0.29) is 5.91 Å². The Kier molecular flexibility index (Phi) is 4.81. The molecule has 0 atom stereocenters. The molecular weight excluding hydrogens is 420 g/mol. The highest BCUT2D eigenvalue weighted by Gasteiger charge is 2.16. The van der Waals surface area contributed by atoms with Crippen LogP contribution in [0.2, 0.25) is 0 Å². The zero-order valence-electron chi connectivity index (χ0n) is 14.9. The van der Waals surface area contributed by atoms with Crippen LogP contribution in [0.1, 0.15) is 21.5 Å². The number of carbonyl (C=O) groups excluding carboxylic acids is 1. The highest BCUT2D eigenvalue weighted by molar-refractivity contribution is 9.10. The third-order valence-corrected chi connectivity index (χ3v) is 5.79. The number of aryl methyl sites for hydroxylation is 2. The predicted octanol–water partition coefficient (Wildman–Crippen LogP) is 6.59. The molecular formula is C22H17BrN2OS. The smallest absolute Gasteiger partial charge is 0.256 e. The van der Waals surface area contributed by atoms with Crippen molar-refractivity contribution in [1.82, 2.24) is 4.98 Å². The second kappa shape index (κ2) is 7.25. The van der Waals surface area contributed by atoms with Crippen LogP contribution in [-0.2, 0) is 0 Å². The highest BCUT2D eigenvalue weighted by Crippen LogP contribution is 2.30. The molecule has 1 amide bonds. The number of nitrogens with one attached hydrogen (secondary N) is 1. The van der Waals surface area contributed by atoms with Crippen LogP contribution >= 0.6 is 27.3 Å². The molecule has 27 heavy (non-hydrogen) atoms. The number of thiophene rings is 1. The van der Waals surface area contributed by atoms with Crippen molar-refractivity contribution >= 4 is 49.8 Å². The molecule has 2 heterocycles. The summed E-state index contributed by atoms with van der Waals surface area (Å²) >= 11 is 5.04. The van der Waals surface area contributed by atoms with Gasteiger partial charge in [0.15, 0.2) is 0 Å². The Balaban J connectivity index is 1.86. The maximum atomic E-state index is 13.1. The Morgan fingerprint density at radius 2 is 1.85 bits per heavy atom. The number of aromatic nitrogens is 1. The molecule has 2 aromatic heterocycles. The lowest BCUT2D eigenvalue weighted by atomic mass is 10.0. The van der Waals surface area contributed by atoms with Crippen molar-refractivity contribution in [2.45, 2.75) is 13.8 Å². The first kappa shape index (κ1) is 17.9. The third kappa shape index (κ3) is 3.66. The quantitative estimate of drug-likeness (QED) is 0.393. The number of carbonyl (C=O) groups is 1. The van der Waals surface area contributed by atoms with Gasteiger partial charge in [0.05, 0.1) is 21.7 Å². The minimum atomic E-state index is -0.132. The first-order valence-corrected chi connectivity index (χ1v) is 10.2. The van der Waals surface area contributed by atoms with E-state index in [0.717, 1.165) is 42.8 Å². The Hall–Kier alpha value is -2.50. The highest BCUT2D eigenvalue weighted by atomic mass is 79.9. The lowest BCUT2D eigenvalue weighted by Gasteiger charge is -2.12. The molecule has 0 saturated carbocycles. The fourth-order valence-electron chi connectivity index (χ4n) is 3.15. The number of rotatable bonds is 3. The van der Waals surface area contributed by atoms with Crippen LogP contribution in [0.25, 0.3) is 21.5 Å². The molecule has 2 aromatic carbocycles. The van der Waals surface area contributed by atoms with Gasteiger partial charge in [-0.25, -0.2) is 4.98 Å². The number of fused-ring (bicyclic) bond motifs is 1. The van der Waals surface area contributed by atoms with E-state index in [1.807, 2.05) is 67.8 Å². The largest absolute Gasteiger partial charge is 0.322 e. The van der Waals surface area contributed by atoms with E-state index in [1.165, 1.54) is 0 Å². The molecule has 0 fully saturated rings. The van der Waals surface area contributed by atoms with Crippen LogP contribution in [0.4, 0.5) is 5.69 Å². The molecule has 0 saturated heterocycles. The first-order valence-electron chi connectivity index (χ1n) is 8.54. The maximum absolute atomic E-state index is 13.1. The van der Waals surface area contributed by atoms with E-state index in [2.05, 4.69) is 27.3 Å². The summed E-state index contributed by atoms with van der Waals surface area (Å²) in [5.41, 5.74) is 5.27. The zero-order chi connectivity index (χ0) is 19.0. The van der Waals surface area contributed by atoms with Gasteiger partial charge in [-0.05, 0) is 67.3 Å². The second-order valence-corrected chi connectivity index (χ2v) is 8.33. The molecule has 4 aromatic rings. The average molecular weight is 437 g/mol. The molecule has 3 nitrogen and oxygen atoms in total. The number of benzene rings is 2. The summed E-state index contributed by atoms with van der Waals surface area (Å²) in [7, 11) is 0. The number of hydrogen-bond donors (Lipinski definition) is 1. The summed E-state index contributed by atoms with van der Waals surface area (Å²) in [6.07, 6.45) is 0. The Morgan fingerprint density at radius 3 is 2.56 bits per heavy atom. The van der Waals surface area contributed by atoms with E-state index in [4.69, 9.17) is 4.98 Å². The van der Waals surface area contributed by atoms with Gasteiger partial charge >= 0.3 is 0 Å². The fourth-order valence-corrected chi connectivity index (χ4v) is 4.10. The average Bonchev–Trinajstić information content (AvgIpc) is 3.17. The number of nitrogens with zero attached hydrogens (tertiary/aromatic N) is 1. The van der Waals surface area contributed by atoms with Crippen molar-refractivity contribution < 1.29 is 4.79 Å². The van der Waals surface area contributed by atoms with Gasteiger partial charge in [0, 0.05) is 15.5 Å². The van der Waals surface area contributed by atoms with Gasteiger partial charge in [-0.3, -0.25) is 4.79 Å². The van der Waals surface area contributed by atoms with Crippen molar-refractivity contribution in [3.05, 3.63) is 81.1 Å². The molecule has 5 heteroatoms. The van der Waals surface area contributed by atoms with Gasteiger partial charge in [0.2, 0.25) is 0 Å². The van der Waals surface area contributed by atoms with Gasteiger partial charge in [-0.15, -0.1) is 11.3 Å². The van der Waals surface area contributed by atoms with Crippen LogP contribution in [0.15, 0.2) is 64.5 Å². The third-order valence-electron chi connectivity index (χ3n) is 4.37. The first-order chi connectivity index (χ1) is 13.0. The van der Waals surface area contributed by atoms with Crippen molar-refractivity contribution in [2.75, 3.05) is 5.32 Å². The summed E-state index contributed by atoms with van der Waals surface area (Å²) in [6.45, 7) is 4.08. The number of pyridine rings is 1. The van der Waals surface area contributed by atoms with Gasteiger partial charge in [-0.1, -0.05) is 33.6 Å². The van der Waals surface area contributed by atoms with Crippen LogP contribution in [0, 0.1) is 13.8 Å². The van der Waals surface area contributed by atoms with E-state index in [9.17, 15) is 4.79 Å². The molecule has 134 valence electrons. The summed E-state index contributed by atoms with van der Waals surface area (Å²) < 4.78 is 0.973. The SMILES string of the molecule is Cc1cc(C)c2nc(-c3cccs3)cc(C(=O)Nc3ccc(Br)cc3)c2c1. The standard InChI is InChI=1S/C22H17BrN2OS/c1-13-10-14(2)21-17(11-13)18(12-19(25-21)20-4-3-9-27-20)22(26)24-16-7-5-15(23)6-8-16/h3-12H,1-2H3,(H,24,26). The summed E-state index contributed by atoms with van der Waals surface area (Å²) in [5, 5.41) is 5.90. The molecule has 0 aliphatic rings. The van der Waals surface area contributed by atoms with E-state index < -0.39 is 0 Å². The minimum absolute atomic E-state index is 0.132. The normalized spacial score (nSPS) is 10.9. The van der Waals surface area contributed by atoms with Gasteiger partial charge < -0.3 is 5.32 Å². The number of anilines is 1. The number of amides is 1. The fraction of sp³-hybridized carbons (Fsp3) is 0.0909. The molecule has 0 aliphatic heterocycles. The second-order valence-electron chi connectivity index (χ2n) is 6.47. The van der Waals surface area contributed by atoms with E-state index in [0.29, 0.717) is 5.56 Å². The summed E-state index contributed by atoms with van der Waals surface area (Å²) in [5.74, 6) is -0.132. The van der Waals surface area contributed by atoms with Gasteiger partial charge in [0.25, 0.3) is 5.91 Å². The van der Waals surface area contributed by atoms with Crippen molar-refractivity contribution in [2.24, 2.45) is 0 Å². The van der Waals surface area contributed by atoms with Crippen LogP contribution < -0.4 is 5.32 Å². The lowest BCUT2D eigenvalue weighted by molar-refractivity contribution is 0.102. The number of hydrogen-bond acceptors (Lipinski definition) is 3. The molecule has 0 radical (unpaired) electrons. The number of halogens is 1. The van der Waals surface area contributed by atoms with Crippen molar-refractivity contribution in [3.8, 4) is 10.6 Å². The molecule has 1 N–H and O–H groups in total. The summed E-state index contributed by atoms with van der Waals surface area (Å²) in [6, 6.07) is 17.6. The van der Waals surface area contributed by atoms with E-state index >= 15 is 0 Å². The van der Waals surface area contributed by atoms with Crippen LogP contribution in [0.5, 0.6) is 0 Å². The molecule has 0 bridgehead atoms. The van der Waals surface area contributed by atoms with Gasteiger partial charge in [0.1, 0.15) is 0 Å². The topological polar surface area (TPSA) is 42.0 Å². The molecule has 0 unspecified atom stereocenters.